The van der Waals surface area contributed by atoms with Gasteiger partial charge in [-0.1, -0.05) is 6.92 Å². The van der Waals surface area contributed by atoms with E-state index in [1.54, 1.807) is 0 Å². The molecule has 3 rings (SSSR count). The maximum absolute atomic E-state index is 14.3. The van der Waals surface area contributed by atoms with Crippen LogP contribution in [0.15, 0.2) is 6.33 Å². The molecular formula is C16H24FN3O2. The van der Waals surface area contributed by atoms with Gasteiger partial charge in [0.05, 0.1) is 24.5 Å². The van der Waals surface area contributed by atoms with Crippen LogP contribution in [0, 0.1) is 5.82 Å². The second-order valence-electron chi connectivity index (χ2n) is 5.97. The number of aromatic nitrogens is 2. The predicted octanol–water partition coefficient (Wildman–Crippen LogP) is 2.34. The molecule has 0 aliphatic carbocycles. The SMILES string of the molecule is CCc1ncnc(N2CCC(OCC3CCCO3)CC2)c1F. The molecule has 2 saturated heterocycles. The zero-order valence-electron chi connectivity index (χ0n) is 13.1. The van der Waals surface area contributed by atoms with Gasteiger partial charge in [-0.15, -0.1) is 0 Å². The van der Waals surface area contributed by atoms with Crippen LogP contribution in [0.1, 0.15) is 38.3 Å². The summed E-state index contributed by atoms with van der Waals surface area (Å²) in [5, 5.41) is 0. The molecule has 5 nitrogen and oxygen atoms in total. The minimum Gasteiger partial charge on any atom is -0.376 e. The molecule has 1 atom stereocenters. The van der Waals surface area contributed by atoms with Crippen LogP contribution in [0.3, 0.4) is 0 Å². The van der Waals surface area contributed by atoms with E-state index in [0.29, 0.717) is 24.5 Å². The van der Waals surface area contributed by atoms with Gasteiger partial charge < -0.3 is 14.4 Å². The van der Waals surface area contributed by atoms with Crippen LogP contribution in [0.5, 0.6) is 0 Å². The molecule has 1 unspecified atom stereocenters. The molecule has 0 radical (unpaired) electrons. The van der Waals surface area contributed by atoms with Crippen LogP contribution in [-0.2, 0) is 15.9 Å². The highest BCUT2D eigenvalue weighted by molar-refractivity contribution is 5.41. The van der Waals surface area contributed by atoms with Crippen molar-refractivity contribution in [1.82, 2.24) is 9.97 Å². The van der Waals surface area contributed by atoms with Crippen molar-refractivity contribution in [1.29, 1.82) is 0 Å². The number of anilines is 1. The standard InChI is InChI=1S/C16H24FN3O2/c1-2-14-15(17)16(19-11-18-14)20-7-5-12(6-8-20)22-10-13-4-3-9-21-13/h11-13H,2-10H2,1H3. The first kappa shape index (κ1) is 15.6. The molecule has 6 heteroatoms. The molecule has 1 aromatic rings. The summed E-state index contributed by atoms with van der Waals surface area (Å²) in [4.78, 5) is 10.1. The highest BCUT2D eigenvalue weighted by Crippen LogP contribution is 2.24. The van der Waals surface area contributed by atoms with Crippen molar-refractivity contribution in [3.8, 4) is 0 Å². The van der Waals surface area contributed by atoms with Crippen LogP contribution in [-0.4, -0.2) is 48.5 Å². The third-order valence-corrected chi connectivity index (χ3v) is 4.46. The van der Waals surface area contributed by atoms with E-state index in [2.05, 4.69) is 9.97 Å². The van der Waals surface area contributed by atoms with Crippen molar-refractivity contribution in [3.05, 3.63) is 17.8 Å². The van der Waals surface area contributed by atoms with Crippen LogP contribution in [0.4, 0.5) is 10.2 Å². The first-order chi connectivity index (χ1) is 10.8. The molecule has 2 fully saturated rings. The summed E-state index contributed by atoms with van der Waals surface area (Å²) in [7, 11) is 0. The van der Waals surface area contributed by atoms with Gasteiger partial charge in [-0.05, 0) is 32.1 Å². The topological polar surface area (TPSA) is 47.5 Å². The van der Waals surface area contributed by atoms with Crippen molar-refractivity contribution in [3.63, 3.8) is 0 Å². The normalized spacial score (nSPS) is 23.2. The van der Waals surface area contributed by atoms with E-state index in [0.717, 1.165) is 45.4 Å². The van der Waals surface area contributed by atoms with Gasteiger partial charge in [0.25, 0.3) is 0 Å². The molecule has 3 heterocycles. The Morgan fingerprint density at radius 3 is 2.82 bits per heavy atom. The summed E-state index contributed by atoms with van der Waals surface area (Å²) in [6, 6.07) is 0. The van der Waals surface area contributed by atoms with Gasteiger partial charge in [-0.3, -0.25) is 0 Å². The summed E-state index contributed by atoms with van der Waals surface area (Å²) in [6.45, 7) is 4.99. The monoisotopic (exact) mass is 309 g/mol. The number of hydrogen-bond acceptors (Lipinski definition) is 5. The molecule has 0 aromatic carbocycles. The smallest absolute Gasteiger partial charge is 0.187 e. The van der Waals surface area contributed by atoms with Crippen molar-refractivity contribution < 1.29 is 13.9 Å². The second kappa shape index (κ2) is 7.33. The van der Waals surface area contributed by atoms with E-state index < -0.39 is 0 Å². The summed E-state index contributed by atoms with van der Waals surface area (Å²) in [6.07, 6.45) is 6.60. The first-order valence-corrected chi connectivity index (χ1v) is 8.25. The molecule has 0 amide bonds. The summed E-state index contributed by atoms with van der Waals surface area (Å²) in [5.41, 5.74) is 0.488. The Labute approximate surface area is 130 Å². The quantitative estimate of drug-likeness (QED) is 0.835. The van der Waals surface area contributed by atoms with Gasteiger partial charge in [-0.2, -0.15) is 0 Å². The Balaban J connectivity index is 1.51. The van der Waals surface area contributed by atoms with Crippen LogP contribution < -0.4 is 4.90 Å². The Hall–Kier alpha value is -1.27. The van der Waals surface area contributed by atoms with Crippen molar-refractivity contribution in [2.75, 3.05) is 31.2 Å². The first-order valence-electron chi connectivity index (χ1n) is 8.25. The highest BCUT2D eigenvalue weighted by Gasteiger charge is 2.25. The Kier molecular flexibility index (Phi) is 5.20. The van der Waals surface area contributed by atoms with E-state index in [1.165, 1.54) is 6.33 Å². The summed E-state index contributed by atoms with van der Waals surface area (Å²) in [5.74, 6) is 0.160. The van der Waals surface area contributed by atoms with Crippen molar-refractivity contribution in [2.24, 2.45) is 0 Å². The van der Waals surface area contributed by atoms with Crippen LogP contribution in [0.2, 0.25) is 0 Å². The molecule has 0 saturated carbocycles. The molecule has 0 spiro atoms. The molecule has 0 bridgehead atoms. The largest absolute Gasteiger partial charge is 0.376 e. The summed E-state index contributed by atoms with van der Waals surface area (Å²) >= 11 is 0. The molecule has 2 aliphatic heterocycles. The van der Waals surface area contributed by atoms with Crippen LogP contribution >= 0.6 is 0 Å². The third-order valence-electron chi connectivity index (χ3n) is 4.46. The zero-order chi connectivity index (χ0) is 15.4. The molecule has 2 aliphatic rings. The molecule has 122 valence electrons. The zero-order valence-corrected chi connectivity index (χ0v) is 13.1. The maximum atomic E-state index is 14.3. The van der Waals surface area contributed by atoms with Gasteiger partial charge in [0.2, 0.25) is 0 Å². The average Bonchev–Trinajstić information content (AvgIpc) is 3.07. The van der Waals surface area contributed by atoms with Crippen molar-refractivity contribution >= 4 is 5.82 Å². The van der Waals surface area contributed by atoms with Crippen molar-refractivity contribution in [2.45, 2.75) is 51.2 Å². The minimum absolute atomic E-state index is 0.246. The average molecular weight is 309 g/mol. The Bertz CT molecular complexity index is 486. The fourth-order valence-corrected chi connectivity index (χ4v) is 3.12. The summed E-state index contributed by atoms with van der Waals surface area (Å²) < 4.78 is 25.8. The Morgan fingerprint density at radius 1 is 1.32 bits per heavy atom. The number of nitrogens with zero attached hydrogens (tertiary/aromatic N) is 3. The number of aryl methyl sites for hydroxylation is 1. The third kappa shape index (κ3) is 3.55. The van der Waals surface area contributed by atoms with Gasteiger partial charge in [0.1, 0.15) is 6.33 Å². The highest BCUT2D eigenvalue weighted by atomic mass is 19.1. The Morgan fingerprint density at radius 2 is 2.14 bits per heavy atom. The number of halogens is 1. The van der Waals surface area contributed by atoms with Gasteiger partial charge >= 0.3 is 0 Å². The number of piperidine rings is 1. The van der Waals surface area contributed by atoms with Gasteiger partial charge in [0.15, 0.2) is 11.6 Å². The number of rotatable bonds is 5. The lowest BCUT2D eigenvalue weighted by Gasteiger charge is -2.33. The van der Waals surface area contributed by atoms with E-state index in [4.69, 9.17) is 9.47 Å². The molecular weight excluding hydrogens is 285 g/mol. The maximum Gasteiger partial charge on any atom is 0.187 e. The number of hydrogen-bond donors (Lipinski definition) is 0. The van der Waals surface area contributed by atoms with E-state index in [9.17, 15) is 4.39 Å². The minimum atomic E-state index is -0.274. The molecule has 22 heavy (non-hydrogen) atoms. The second-order valence-corrected chi connectivity index (χ2v) is 5.97. The molecule has 1 aromatic heterocycles. The molecule has 0 N–H and O–H groups in total. The lowest BCUT2D eigenvalue weighted by molar-refractivity contribution is -0.0280. The lowest BCUT2D eigenvalue weighted by Crippen LogP contribution is -2.39. The van der Waals surface area contributed by atoms with Gasteiger partial charge in [0, 0.05) is 19.7 Å². The number of ether oxygens (including phenoxy) is 2. The van der Waals surface area contributed by atoms with Crippen LogP contribution in [0.25, 0.3) is 0 Å². The lowest BCUT2D eigenvalue weighted by atomic mass is 10.1. The van der Waals surface area contributed by atoms with Gasteiger partial charge in [-0.25, -0.2) is 14.4 Å². The fraction of sp³-hybridized carbons (Fsp3) is 0.750. The predicted molar refractivity (Wildman–Crippen MR) is 81.5 cm³/mol. The van der Waals surface area contributed by atoms with E-state index >= 15 is 0 Å². The van der Waals surface area contributed by atoms with E-state index in [-0.39, 0.29) is 18.0 Å². The van der Waals surface area contributed by atoms with E-state index in [1.807, 2.05) is 11.8 Å². The fourth-order valence-electron chi connectivity index (χ4n) is 3.12.